The highest BCUT2D eigenvalue weighted by Gasteiger charge is 2.49. The number of anilines is 1. The molecule has 0 bridgehead atoms. The van der Waals surface area contributed by atoms with Gasteiger partial charge in [-0.15, -0.1) is 0 Å². The van der Waals surface area contributed by atoms with Gasteiger partial charge in [0.05, 0.1) is 28.6 Å². The number of aliphatic hydroxyl groups is 1. The summed E-state index contributed by atoms with van der Waals surface area (Å²) in [5.41, 5.74) is 1.94. The van der Waals surface area contributed by atoms with Crippen LogP contribution in [0, 0.1) is 12.8 Å². The number of ketones is 1. The van der Waals surface area contributed by atoms with Gasteiger partial charge in [0.1, 0.15) is 5.78 Å². The van der Waals surface area contributed by atoms with Crippen LogP contribution in [-0.4, -0.2) is 25.3 Å². The Kier molecular flexibility index (Phi) is 4.12. The third kappa shape index (κ3) is 2.56. The van der Waals surface area contributed by atoms with E-state index in [0.29, 0.717) is 30.5 Å². The Morgan fingerprint density at radius 1 is 1.08 bits per heavy atom. The van der Waals surface area contributed by atoms with Crippen molar-refractivity contribution in [1.82, 2.24) is 0 Å². The number of hydrogen-bond acceptors (Lipinski definition) is 4. The Morgan fingerprint density at radius 3 is 2.50 bits per heavy atom. The van der Waals surface area contributed by atoms with Gasteiger partial charge in [0.25, 0.3) is 10.0 Å². The van der Waals surface area contributed by atoms with Crippen molar-refractivity contribution in [3.8, 4) is 0 Å². The van der Waals surface area contributed by atoms with Crippen LogP contribution in [0.4, 0.5) is 5.69 Å². The Hall–Kier alpha value is -2.18. The van der Waals surface area contributed by atoms with E-state index in [9.17, 15) is 18.3 Å². The molecule has 1 aliphatic carbocycles. The molecule has 1 N–H and O–H groups in total. The number of carbonyl (C=O) groups is 1. The lowest BCUT2D eigenvalue weighted by Gasteiger charge is -2.46. The highest BCUT2D eigenvalue weighted by atomic mass is 32.2. The summed E-state index contributed by atoms with van der Waals surface area (Å²) in [4.78, 5) is 12.7. The van der Waals surface area contributed by atoms with Crippen molar-refractivity contribution in [1.29, 1.82) is 0 Å². The lowest BCUT2D eigenvalue weighted by atomic mass is 9.75. The standard InChI is InChI=1S/C20H21NO4S/c1-13-9-11-14(12-10-13)26(24,25)21-16-6-3-2-5-15(16)20(23)19-17(21)7-4-8-18(19)22/h2-3,5-6,9-12,17,19-20,23H,4,7-8H2,1H3/t17-,19-,20-/m1/s1. The van der Waals surface area contributed by atoms with Gasteiger partial charge in [-0.3, -0.25) is 9.10 Å². The van der Waals surface area contributed by atoms with Gasteiger partial charge >= 0.3 is 0 Å². The number of hydrogen-bond donors (Lipinski definition) is 1. The minimum atomic E-state index is -3.84. The number of rotatable bonds is 2. The fourth-order valence-electron chi connectivity index (χ4n) is 4.14. The van der Waals surface area contributed by atoms with Crippen molar-refractivity contribution in [2.75, 3.05) is 4.31 Å². The van der Waals surface area contributed by atoms with Crippen molar-refractivity contribution in [2.45, 2.75) is 43.2 Å². The van der Waals surface area contributed by atoms with Crippen molar-refractivity contribution in [3.05, 3.63) is 59.7 Å². The maximum Gasteiger partial charge on any atom is 0.264 e. The van der Waals surface area contributed by atoms with E-state index in [0.717, 1.165) is 5.56 Å². The largest absolute Gasteiger partial charge is 0.387 e. The molecule has 0 aromatic heterocycles. The van der Waals surface area contributed by atoms with Crippen molar-refractivity contribution < 1.29 is 18.3 Å². The number of nitrogens with zero attached hydrogens (tertiary/aromatic N) is 1. The molecule has 1 saturated carbocycles. The topological polar surface area (TPSA) is 74.7 Å². The molecule has 0 radical (unpaired) electrons. The van der Waals surface area contributed by atoms with Gasteiger partial charge in [0, 0.05) is 12.0 Å². The third-order valence-corrected chi connectivity index (χ3v) is 7.27. The molecule has 0 amide bonds. The number of benzene rings is 2. The van der Waals surface area contributed by atoms with E-state index in [1.54, 1.807) is 48.5 Å². The van der Waals surface area contributed by atoms with Crippen LogP contribution in [0.25, 0.3) is 0 Å². The molecule has 4 rings (SSSR count). The van der Waals surface area contributed by atoms with Crippen molar-refractivity contribution >= 4 is 21.5 Å². The first-order valence-corrected chi connectivity index (χ1v) is 10.3. The van der Waals surface area contributed by atoms with Crippen LogP contribution in [0.15, 0.2) is 53.4 Å². The summed E-state index contributed by atoms with van der Waals surface area (Å²) in [6, 6.07) is 13.1. The zero-order valence-electron chi connectivity index (χ0n) is 14.5. The molecule has 2 aliphatic rings. The summed E-state index contributed by atoms with van der Waals surface area (Å²) < 4.78 is 28.3. The maximum absolute atomic E-state index is 13.5. The number of aryl methyl sites for hydroxylation is 1. The Morgan fingerprint density at radius 2 is 1.77 bits per heavy atom. The van der Waals surface area contributed by atoms with Gasteiger partial charge in [-0.05, 0) is 38.0 Å². The molecule has 0 unspecified atom stereocenters. The Bertz CT molecular complexity index is 952. The van der Waals surface area contributed by atoms with Gasteiger partial charge in [-0.25, -0.2) is 8.42 Å². The lowest BCUT2D eigenvalue weighted by molar-refractivity contribution is -0.129. The Labute approximate surface area is 153 Å². The summed E-state index contributed by atoms with van der Waals surface area (Å²) in [7, 11) is -3.84. The summed E-state index contributed by atoms with van der Waals surface area (Å²) in [6.07, 6.45) is 0.619. The molecule has 0 spiro atoms. The van der Waals surface area contributed by atoms with E-state index in [2.05, 4.69) is 0 Å². The average Bonchev–Trinajstić information content (AvgIpc) is 2.62. The predicted octanol–water partition coefficient (Wildman–Crippen LogP) is 2.98. The fourth-order valence-corrected chi connectivity index (χ4v) is 5.86. The van der Waals surface area contributed by atoms with Gasteiger partial charge in [-0.2, -0.15) is 0 Å². The minimum Gasteiger partial charge on any atom is -0.387 e. The van der Waals surface area contributed by atoms with Crippen LogP contribution in [0.1, 0.15) is 36.5 Å². The first kappa shape index (κ1) is 17.2. The maximum atomic E-state index is 13.5. The molecule has 26 heavy (non-hydrogen) atoms. The summed E-state index contributed by atoms with van der Waals surface area (Å²) in [5, 5.41) is 10.8. The average molecular weight is 371 g/mol. The number of para-hydroxylation sites is 1. The molecular formula is C20H21NO4S. The molecule has 2 aromatic rings. The van der Waals surface area contributed by atoms with Crippen LogP contribution < -0.4 is 4.31 Å². The van der Waals surface area contributed by atoms with Crippen LogP contribution in [-0.2, 0) is 14.8 Å². The van der Waals surface area contributed by atoms with Crippen LogP contribution in [0.2, 0.25) is 0 Å². The van der Waals surface area contributed by atoms with E-state index in [4.69, 9.17) is 0 Å². The summed E-state index contributed by atoms with van der Waals surface area (Å²) in [5.74, 6) is -0.772. The first-order valence-electron chi connectivity index (χ1n) is 8.82. The highest BCUT2D eigenvalue weighted by Crippen LogP contribution is 2.47. The molecule has 1 fully saturated rings. The van der Waals surface area contributed by atoms with Crippen LogP contribution in [0.5, 0.6) is 0 Å². The molecule has 1 aliphatic heterocycles. The molecule has 5 nitrogen and oxygen atoms in total. The third-order valence-electron chi connectivity index (χ3n) is 5.42. The predicted molar refractivity (Wildman–Crippen MR) is 98.4 cm³/mol. The second-order valence-electron chi connectivity index (χ2n) is 7.07. The van der Waals surface area contributed by atoms with E-state index in [-0.39, 0.29) is 10.7 Å². The summed E-state index contributed by atoms with van der Waals surface area (Å²) >= 11 is 0. The van der Waals surface area contributed by atoms with E-state index >= 15 is 0 Å². The zero-order valence-corrected chi connectivity index (χ0v) is 15.3. The second kappa shape index (κ2) is 6.21. The molecule has 0 saturated heterocycles. The first-order chi connectivity index (χ1) is 12.4. The van der Waals surface area contributed by atoms with Gasteiger partial charge in [-0.1, -0.05) is 35.9 Å². The highest BCUT2D eigenvalue weighted by molar-refractivity contribution is 7.92. The number of carbonyl (C=O) groups excluding carboxylic acids is 1. The van der Waals surface area contributed by atoms with E-state index < -0.39 is 28.1 Å². The van der Waals surface area contributed by atoms with Crippen LogP contribution >= 0.6 is 0 Å². The monoisotopic (exact) mass is 371 g/mol. The van der Waals surface area contributed by atoms with E-state index in [1.807, 2.05) is 6.92 Å². The summed E-state index contributed by atoms with van der Waals surface area (Å²) in [6.45, 7) is 1.90. The number of fused-ring (bicyclic) bond motifs is 2. The number of aliphatic hydroxyl groups excluding tert-OH is 1. The van der Waals surface area contributed by atoms with Crippen molar-refractivity contribution in [2.24, 2.45) is 5.92 Å². The number of Topliss-reactive ketones (excluding diaryl/α,β-unsaturated/α-hetero) is 1. The molecule has 6 heteroatoms. The smallest absolute Gasteiger partial charge is 0.264 e. The SMILES string of the molecule is Cc1ccc(S(=O)(=O)N2c3ccccc3[C@@H](O)[C@H]3C(=O)CCC[C@H]32)cc1. The van der Waals surface area contributed by atoms with E-state index in [1.165, 1.54) is 4.31 Å². The molecular weight excluding hydrogens is 350 g/mol. The molecule has 2 aromatic carbocycles. The normalized spacial score (nSPS) is 25.5. The van der Waals surface area contributed by atoms with Crippen molar-refractivity contribution in [3.63, 3.8) is 0 Å². The Balaban J connectivity index is 1.91. The lowest BCUT2D eigenvalue weighted by Crippen LogP contribution is -2.54. The van der Waals surface area contributed by atoms with Crippen LogP contribution in [0.3, 0.4) is 0 Å². The molecule has 136 valence electrons. The van der Waals surface area contributed by atoms with Gasteiger partial charge in [0.2, 0.25) is 0 Å². The number of sulfonamides is 1. The minimum absolute atomic E-state index is 0.0626. The molecule has 1 heterocycles. The van der Waals surface area contributed by atoms with Gasteiger partial charge < -0.3 is 5.11 Å². The fraction of sp³-hybridized carbons (Fsp3) is 0.350. The second-order valence-corrected chi connectivity index (χ2v) is 8.88. The quantitative estimate of drug-likeness (QED) is 0.881. The molecule has 3 atom stereocenters. The van der Waals surface area contributed by atoms with Gasteiger partial charge in [0.15, 0.2) is 0 Å². The zero-order chi connectivity index (χ0) is 18.5.